The molecule has 7 heteroatoms. The summed E-state index contributed by atoms with van der Waals surface area (Å²) in [6, 6.07) is 2.99. The molecule has 1 aromatic rings. The summed E-state index contributed by atoms with van der Waals surface area (Å²) in [5.74, 6) is -0.0504. The Bertz CT molecular complexity index is 452. The number of aliphatic hydroxyl groups excluding tert-OH is 1. The van der Waals surface area contributed by atoms with Crippen molar-refractivity contribution >= 4 is 11.6 Å². The number of phenols is 1. The number of hydrogen-bond donors (Lipinski definition) is 2. The van der Waals surface area contributed by atoms with E-state index in [1.54, 1.807) is 13.0 Å². The Kier molecular flexibility index (Phi) is 6.10. The third kappa shape index (κ3) is 5.56. The van der Waals surface area contributed by atoms with Crippen LogP contribution in [0.1, 0.15) is 17.5 Å². The number of aromatic hydroxyl groups is 1. The lowest BCUT2D eigenvalue weighted by atomic mass is 10.1. The first-order valence-electron chi connectivity index (χ1n) is 6.11. The molecule has 3 nitrogen and oxygen atoms in total. The highest BCUT2D eigenvalue weighted by atomic mass is 35.5. The molecule has 0 heterocycles. The lowest BCUT2D eigenvalue weighted by molar-refractivity contribution is -0.147. The van der Waals surface area contributed by atoms with Crippen molar-refractivity contribution < 1.29 is 23.4 Å². The fourth-order valence-corrected chi connectivity index (χ4v) is 2.22. The number of aryl methyl sites for hydroxylation is 1. The monoisotopic (exact) mass is 311 g/mol. The van der Waals surface area contributed by atoms with E-state index in [0.717, 1.165) is 4.90 Å². The molecule has 0 aliphatic heterocycles. The van der Waals surface area contributed by atoms with Crippen LogP contribution in [0.25, 0.3) is 0 Å². The smallest absolute Gasteiger partial charge is 0.401 e. The SMILES string of the molecule is Cc1cc(Cl)cc(CN(CCCO)CC(F)(F)F)c1O. The van der Waals surface area contributed by atoms with E-state index < -0.39 is 12.7 Å². The van der Waals surface area contributed by atoms with Gasteiger partial charge in [-0.25, -0.2) is 0 Å². The molecule has 0 saturated heterocycles. The normalized spacial score (nSPS) is 12.2. The summed E-state index contributed by atoms with van der Waals surface area (Å²) in [5.41, 5.74) is 0.860. The van der Waals surface area contributed by atoms with Crippen LogP contribution in [0, 0.1) is 6.92 Å². The van der Waals surface area contributed by atoms with Gasteiger partial charge in [0.1, 0.15) is 5.75 Å². The molecule has 1 aromatic carbocycles. The summed E-state index contributed by atoms with van der Waals surface area (Å²) >= 11 is 5.85. The van der Waals surface area contributed by atoms with Crippen LogP contribution in [0.4, 0.5) is 13.2 Å². The van der Waals surface area contributed by atoms with E-state index in [0.29, 0.717) is 16.1 Å². The van der Waals surface area contributed by atoms with Crippen molar-refractivity contribution in [3.63, 3.8) is 0 Å². The molecule has 0 spiro atoms. The number of phenolic OH excluding ortho intramolecular Hbond substituents is 1. The maximum absolute atomic E-state index is 12.5. The van der Waals surface area contributed by atoms with Crippen LogP contribution in [0.2, 0.25) is 5.02 Å². The number of hydrogen-bond acceptors (Lipinski definition) is 3. The lowest BCUT2D eigenvalue weighted by Gasteiger charge is -2.24. The first-order valence-corrected chi connectivity index (χ1v) is 6.48. The highest BCUT2D eigenvalue weighted by molar-refractivity contribution is 6.30. The van der Waals surface area contributed by atoms with Crippen LogP contribution in [-0.4, -0.2) is 41.0 Å². The van der Waals surface area contributed by atoms with Gasteiger partial charge in [-0.1, -0.05) is 11.6 Å². The van der Waals surface area contributed by atoms with Gasteiger partial charge in [-0.05, 0) is 31.0 Å². The lowest BCUT2D eigenvalue weighted by Crippen LogP contribution is -2.35. The Morgan fingerprint density at radius 1 is 1.30 bits per heavy atom. The molecule has 0 aliphatic carbocycles. The molecule has 1 rings (SSSR count). The Labute approximate surface area is 120 Å². The predicted molar refractivity (Wildman–Crippen MR) is 70.9 cm³/mol. The van der Waals surface area contributed by atoms with Gasteiger partial charge in [0.15, 0.2) is 0 Å². The number of alkyl halides is 3. The minimum atomic E-state index is -4.33. The maximum atomic E-state index is 12.5. The van der Waals surface area contributed by atoms with Gasteiger partial charge in [0.05, 0.1) is 6.54 Å². The molecule has 0 amide bonds. The van der Waals surface area contributed by atoms with Gasteiger partial charge in [0, 0.05) is 30.3 Å². The average Bonchev–Trinajstić information content (AvgIpc) is 2.30. The number of benzene rings is 1. The van der Waals surface area contributed by atoms with Gasteiger partial charge in [-0.2, -0.15) is 13.2 Å². The first kappa shape index (κ1) is 17.1. The van der Waals surface area contributed by atoms with Gasteiger partial charge in [-0.15, -0.1) is 0 Å². The minimum absolute atomic E-state index is 0.0504. The minimum Gasteiger partial charge on any atom is -0.507 e. The second kappa shape index (κ2) is 7.15. The van der Waals surface area contributed by atoms with Crippen molar-refractivity contribution in [2.75, 3.05) is 19.7 Å². The van der Waals surface area contributed by atoms with Crippen LogP contribution >= 0.6 is 11.6 Å². The van der Waals surface area contributed by atoms with Crippen LogP contribution in [-0.2, 0) is 6.54 Å². The third-order valence-corrected chi connectivity index (χ3v) is 2.99. The highest BCUT2D eigenvalue weighted by Gasteiger charge is 2.30. The molecule has 0 atom stereocenters. The Balaban J connectivity index is 2.88. The fourth-order valence-electron chi connectivity index (χ4n) is 1.93. The fraction of sp³-hybridized carbons (Fsp3) is 0.538. The highest BCUT2D eigenvalue weighted by Crippen LogP contribution is 2.28. The van der Waals surface area contributed by atoms with Crippen LogP contribution in [0.15, 0.2) is 12.1 Å². The Hall–Kier alpha value is -0.980. The van der Waals surface area contributed by atoms with E-state index in [4.69, 9.17) is 16.7 Å². The maximum Gasteiger partial charge on any atom is 0.401 e. The number of aliphatic hydroxyl groups is 1. The summed E-state index contributed by atoms with van der Waals surface area (Å²) in [5, 5.41) is 19.0. The van der Waals surface area contributed by atoms with Gasteiger partial charge < -0.3 is 10.2 Å². The zero-order chi connectivity index (χ0) is 15.3. The van der Waals surface area contributed by atoms with E-state index >= 15 is 0 Å². The molecule has 0 bridgehead atoms. The van der Waals surface area contributed by atoms with Gasteiger partial charge in [0.25, 0.3) is 0 Å². The number of rotatable bonds is 6. The predicted octanol–water partition coefficient (Wildman–Crippen LogP) is 3.10. The van der Waals surface area contributed by atoms with Crippen LogP contribution in [0.5, 0.6) is 5.75 Å². The molecule has 0 unspecified atom stereocenters. The van der Waals surface area contributed by atoms with Crippen molar-refractivity contribution in [2.45, 2.75) is 26.1 Å². The molecule has 0 fully saturated rings. The van der Waals surface area contributed by atoms with Gasteiger partial charge in [-0.3, -0.25) is 4.90 Å². The van der Waals surface area contributed by atoms with E-state index in [-0.39, 0.29) is 31.9 Å². The number of nitrogens with zero attached hydrogens (tertiary/aromatic N) is 1. The zero-order valence-electron chi connectivity index (χ0n) is 11.0. The van der Waals surface area contributed by atoms with Crippen molar-refractivity contribution in [2.24, 2.45) is 0 Å². The first-order chi connectivity index (χ1) is 9.23. The van der Waals surface area contributed by atoms with Crippen molar-refractivity contribution in [3.05, 3.63) is 28.3 Å². The summed E-state index contributed by atoms with van der Waals surface area (Å²) in [6.07, 6.45) is -4.10. The standard InChI is InChI=1S/C13H17ClF3NO2/c1-9-5-11(14)6-10(12(9)20)7-18(3-2-4-19)8-13(15,16)17/h5-6,19-20H,2-4,7-8H2,1H3. The average molecular weight is 312 g/mol. The second-order valence-corrected chi connectivity index (χ2v) is 5.07. The summed E-state index contributed by atoms with van der Waals surface area (Å²) in [7, 11) is 0. The molecule has 2 N–H and O–H groups in total. The van der Waals surface area contributed by atoms with Gasteiger partial charge in [0.2, 0.25) is 0 Å². The molecule has 0 saturated carbocycles. The largest absolute Gasteiger partial charge is 0.507 e. The second-order valence-electron chi connectivity index (χ2n) is 4.63. The quantitative estimate of drug-likeness (QED) is 0.848. The zero-order valence-corrected chi connectivity index (χ0v) is 11.8. The van der Waals surface area contributed by atoms with E-state index in [9.17, 15) is 18.3 Å². The van der Waals surface area contributed by atoms with Crippen molar-refractivity contribution in [1.82, 2.24) is 4.90 Å². The molecule has 0 aromatic heterocycles. The molecular weight excluding hydrogens is 295 g/mol. The van der Waals surface area contributed by atoms with E-state index in [1.165, 1.54) is 6.07 Å². The van der Waals surface area contributed by atoms with E-state index in [2.05, 4.69) is 0 Å². The van der Waals surface area contributed by atoms with Crippen molar-refractivity contribution in [3.8, 4) is 5.75 Å². The molecular formula is C13H17ClF3NO2. The van der Waals surface area contributed by atoms with Gasteiger partial charge >= 0.3 is 6.18 Å². The summed E-state index contributed by atoms with van der Waals surface area (Å²) in [4.78, 5) is 1.13. The molecule has 20 heavy (non-hydrogen) atoms. The third-order valence-electron chi connectivity index (χ3n) is 2.77. The molecule has 0 radical (unpaired) electrons. The topological polar surface area (TPSA) is 43.7 Å². The Morgan fingerprint density at radius 3 is 2.50 bits per heavy atom. The summed E-state index contributed by atoms with van der Waals surface area (Å²) < 4.78 is 37.5. The molecule has 114 valence electrons. The van der Waals surface area contributed by atoms with Crippen LogP contribution in [0.3, 0.4) is 0 Å². The summed E-state index contributed by atoms with van der Waals surface area (Å²) in [6.45, 7) is 0.354. The number of halogens is 4. The van der Waals surface area contributed by atoms with Crippen LogP contribution < -0.4 is 0 Å². The van der Waals surface area contributed by atoms with E-state index in [1.807, 2.05) is 0 Å². The van der Waals surface area contributed by atoms with Crippen molar-refractivity contribution in [1.29, 1.82) is 0 Å². The Morgan fingerprint density at radius 2 is 1.95 bits per heavy atom. The molecule has 0 aliphatic rings.